The lowest BCUT2D eigenvalue weighted by Crippen LogP contribution is -2.30. The largest absolute Gasteiger partial charge is 0.456 e. The van der Waals surface area contributed by atoms with Crippen molar-refractivity contribution >= 4 is 39.7 Å². The molecule has 0 saturated heterocycles. The van der Waals surface area contributed by atoms with E-state index < -0.39 is 5.60 Å². The van der Waals surface area contributed by atoms with Crippen LogP contribution in [0.5, 0.6) is 0 Å². The number of hydrogen-bond donors (Lipinski definition) is 2. The summed E-state index contributed by atoms with van der Waals surface area (Å²) >= 11 is 3.19. The van der Waals surface area contributed by atoms with Gasteiger partial charge in [0.25, 0.3) is 0 Å². The third-order valence-corrected chi connectivity index (χ3v) is 9.39. The molecule has 5 nitrogen and oxygen atoms in total. The highest BCUT2D eigenvalue weighted by Crippen LogP contribution is 2.41. The predicted molar refractivity (Wildman–Crippen MR) is 148 cm³/mol. The molecule has 0 bridgehead atoms. The number of aryl methyl sites for hydroxylation is 2. The van der Waals surface area contributed by atoms with Gasteiger partial charge in [-0.15, -0.1) is 22.7 Å². The van der Waals surface area contributed by atoms with Gasteiger partial charge in [0.05, 0.1) is 5.56 Å². The molecule has 2 aliphatic rings. The number of nitrogens with one attached hydrogen (secondary N) is 2. The van der Waals surface area contributed by atoms with E-state index in [0.717, 1.165) is 77.8 Å². The fourth-order valence-corrected chi connectivity index (χ4v) is 7.87. The number of esters is 1. The summed E-state index contributed by atoms with van der Waals surface area (Å²) in [7, 11) is 0. The van der Waals surface area contributed by atoms with Gasteiger partial charge < -0.3 is 10.1 Å². The molecule has 3 aromatic rings. The van der Waals surface area contributed by atoms with Gasteiger partial charge in [0.15, 0.2) is 0 Å². The highest BCUT2D eigenvalue weighted by atomic mass is 32.1. The zero-order chi connectivity index (χ0) is 26.2. The summed E-state index contributed by atoms with van der Waals surface area (Å²) in [6, 6.07) is 6.30. The number of benzene rings is 1. The standard InChI is InChI=1S/C29H33FN2O3S2/c1-29(2,3)35-27(33)24-20-12-5-7-14-23(20)37-26(24)32-28(34)31-16-21-19-11-4-6-13-22(19)36-25(21)17-9-8-10-18(30)15-17/h8-10,15H,4-7,11-14,16H2,1-3H3,(H2,31,32,34). The van der Waals surface area contributed by atoms with Crippen molar-refractivity contribution in [1.29, 1.82) is 0 Å². The summed E-state index contributed by atoms with van der Waals surface area (Å²) in [6.45, 7) is 5.89. The van der Waals surface area contributed by atoms with Gasteiger partial charge in [-0.25, -0.2) is 14.0 Å². The van der Waals surface area contributed by atoms with E-state index in [1.165, 1.54) is 27.8 Å². The first-order chi connectivity index (χ1) is 17.7. The van der Waals surface area contributed by atoms with Crippen LogP contribution < -0.4 is 10.6 Å². The van der Waals surface area contributed by atoms with Crippen LogP contribution in [-0.2, 0) is 37.0 Å². The number of carbonyl (C=O) groups excluding carboxylic acids is 2. The third kappa shape index (κ3) is 5.75. The van der Waals surface area contributed by atoms with Crippen molar-refractivity contribution in [3.05, 3.63) is 62.1 Å². The van der Waals surface area contributed by atoms with E-state index in [1.807, 2.05) is 26.8 Å². The lowest BCUT2D eigenvalue weighted by atomic mass is 9.93. The number of halogens is 1. The van der Waals surface area contributed by atoms with E-state index in [4.69, 9.17) is 4.74 Å². The molecule has 0 fully saturated rings. The summed E-state index contributed by atoms with van der Waals surface area (Å²) in [5.74, 6) is -0.653. The lowest BCUT2D eigenvalue weighted by molar-refractivity contribution is 0.00699. The van der Waals surface area contributed by atoms with Gasteiger partial charge in [-0.3, -0.25) is 5.32 Å². The van der Waals surface area contributed by atoms with E-state index in [9.17, 15) is 14.0 Å². The molecular formula is C29H33FN2O3S2. The van der Waals surface area contributed by atoms with Crippen molar-refractivity contribution < 1.29 is 18.7 Å². The second-order valence-electron chi connectivity index (χ2n) is 10.8. The van der Waals surface area contributed by atoms with Crippen LogP contribution in [0.3, 0.4) is 0 Å². The Morgan fingerprint density at radius 3 is 2.35 bits per heavy atom. The highest BCUT2D eigenvalue weighted by molar-refractivity contribution is 7.17. The van der Waals surface area contributed by atoms with E-state index in [-0.39, 0.29) is 17.8 Å². The van der Waals surface area contributed by atoms with Crippen molar-refractivity contribution in [2.24, 2.45) is 0 Å². The quantitative estimate of drug-likeness (QED) is 0.327. The average Bonchev–Trinajstić information content (AvgIpc) is 3.39. The Bertz CT molecular complexity index is 1340. The van der Waals surface area contributed by atoms with Gasteiger partial charge in [-0.05, 0) is 107 Å². The second-order valence-corrected chi connectivity index (χ2v) is 13.0. The highest BCUT2D eigenvalue weighted by Gasteiger charge is 2.30. The van der Waals surface area contributed by atoms with Crippen molar-refractivity contribution in [3.8, 4) is 10.4 Å². The lowest BCUT2D eigenvalue weighted by Gasteiger charge is -2.21. The molecule has 2 heterocycles. The number of urea groups is 1. The fraction of sp³-hybridized carbons (Fsp3) is 0.448. The molecular weight excluding hydrogens is 507 g/mol. The first-order valence-electron chi connectivity index (χ1n) is 13.0. The maximum Gasteiger partial charge on any atom is 0.341 e. The molecule has 0 radical (unpaired) electrons. The monoisotopic (exact) mass is 540 g/mol. The average molecular weight is 541 g/mol. The molecule has 0 atom stereocenters. The Labute approximate surface area is 225 Å². The minimum Gasteiger partial charge on any atom is -0.456 e. The van der Waals surface area contributed by atoms with E-state index in [0.29, 0.717) is 17.1 Å². The SMILES string of the molecule is CC(C)(C)OC(=O)c1c(NC(=O)NCc2c(-c3cccc(F)c3)sc3c2CCCC3)sc2c1CCCC2. The number of amides is 2. The molecule has 0 saturated carbocycles. The molecule has 196 valence electrons. The number of hydrogen-bond acceptors (Lipinski definition) is 5. The summed E-state index contributed by atoms with van der Waals surface area (Å²) in [5, 5.41) is 6.53. The van der Waals surface area contributed by atoms with Gasteiger partial charge in [0, 0.05) is 21.2 Å². The number of ether oxygens (including phenoxy) is 1. The van der Waals surface area contributed by atoms with Crippen molar-refractivity contribution in [2.45, 2.75) is 84.3 Å². The van der Waals surface area contributed by atoms with Gasteiger partial charge in [-0.1, -0.05) is 12.1 Å². The zero-order valence-electron chi connectivity index (χ0n) is 21.6. The molecule has 8 heteroatoms. The van der Waals surface area contributed by atoms with Crippen molar-refractivity contribution in [1.82, 2.24) is 5.32 Å². The zero-order valence-corrected chi connectivity index (χ0v) is 23.2. The number of carbonyl (C=O) groups is 2. The maximum atomic E-state index is 14.0. The van der Waals surface area contributed by atoms with Gasteiger partial charge in [0.1, 0.15) is 16.4 Å². The van der Waals surface area contributed by atoms with Crippen LogP contribution in [0.1, 0.15) is 83.3 Å². The number of fused-ring (bicyclic) bond motifs is 2. The Balaban J connectivity index is 1.38. The van der Waals surface area contributed by atoms with E-state index in [1.54, 1.807) is 23.5 Å². The first-order valence-corrected chi connectivity index (χ1v) is 14.6. The normalized spacial score (nSPS) is 15.0. The summed E-state index contributed by atoms with van der Waals surface area (Å²) in [5.41, 5.74) is 4.09. The number of rotatable bonds is 5. The van der Waals surface area contributed by atoms with Crippen LogP contribution >= 0.6 is 22.7 Å². The van der Waals surface area contributed by atoms with Crippen molar-refractivity contribution in [2.75, 3.05) is 5.32 Å². The minimum absolute atomic E-state index is 0.267. The Morgan fingerprint density at radius 1 is 0.973 bits per heavy atom. The van der Waals surface area contributed by atoms with Crippen LogP contribution in [0.25, 0.3) is 10.4 Å². The fourth-order valence-electron chi connectivity index (χ4n) is 5.20. The summed E-state index contributed by atoms with van der Waals surface area (Å²) in [4.78, 5) is 29.8. The smallest absolute Gasteiger partial charge is 0.341 e. The summed E-state index contributed by atoms with van der Waals surface area (Å²) in [6.07, 6.45) is 8.11. The Hall–Kier alpha value is -2.71. The van der Waals surface area contributed by atoms with Crippen LogP contribution in [-0.4, -0.2) is 17.6 Å². The molecule has 37 heavy (non-hydrogen) atoms. The summed E-state index contributed by atoms with van der Waals surface area (Å²) < 4.78 is 19.7. The molecule has 5 rings (SSSR count). The van der Waals surface area contributed by atoms with E-state index in [2.05, 4.69) is 10.6 Å². The van der Waals surface area contributed by atoms with Gasteiger partial charge in [0.2, 0.25) is 0 Å². The van der Waals surface area contributed by atoms with Gasteiger partial charge in [-0.2, -0.15) is 0 Å². The second kappa shape index (κ2) is 10.6. The topological polar surface area (TPSA) is 67.4 Å². The van der Waals surface area contributed by atoms with Crippen molar-refractivity contribution in [3.63, 3.8) is 0 Å². The predicted octanol–water partition coefficient (Wildman–Crippen LogP) is 7.65. The Morgan fingerprint density at radius 2 is 1.65 bits per heavy atom. The molecule has 2 aliphatic carbocycles. The number of thiophene rings is 2. The minimum atomic E-state index is -0.620. The molecule has 0 aliphatic heterocycles. The molecule has 0 spiro atoms. The molecule has 2 amide bonds. The Kier molecular flexibility index (Phi) is 7.41. The van der Waals surface area contributed by atoms with Gasteiger partial charge >= 0.3 is 12.0 Å². The third-order valence-electron chi connectivity index (χ3n) is 6.79. The van der Waals surface area contributed by atoms with Crippen LogP contribution in [0, 0.1) is 5.82 Å². The first kappa shape index (κ1) is 25.9. The molecule has 0 unspecified atom stereocenters. The molecule has 2 aromatic heterocycles. The van der Waals surface area contributed by atoms with Crippen LogP contribution in [0.15, 0.2) is 24.3 Å². The molecule has 2 N–H and O–H groups in total. The maximum absolute atomic E-state index is 14.0. The van der Waals surface area contributed by atoms with Crippen LogP contribution in [0.4, 0.5) is 14.2 Å². The van der Waals surface area contributed by atoms with Crippen LogP contribution in [0.2, 0.25) is 0 Å². The van der Waals surface area contributed by atoms with E-state index >= 15 is 0 Å². The number of anilines is 1. The molecule has 1 aromatic carbocycles.